The van der Waals surface area contributed by atoms with Crippen LogP contribution in [0.25, 0.3) is 0 Å². The zero-order valence-corrected chi connectivity index (χ0v) is 21.7. The maximum absolute atomic E-state index is 13.3. The summed E-state index contributed by atoms with van der Waals surface area (Å²) in [7, 11) is 0. The zero-order chi connectivity index (χ0) is 28.3. The minimum absolute atomic E-state index is 0.00114. The molecule has 2 amide bonds. The third-order valence-corrected chi connectivity index (χ3v) is 7.58. The summed E-state index contributed by atoms with van der Waals surface area (Å²) in [4.78, 5) is 28.0. The van der Waals surface area contributed by atoms with Crippen molar-refractivity contribution < 1.29 is 27.2 Å². The highest BCUT2D eigenvalue weighted by molar-refractivity contribution is 6.01. The van der Waals surface area contributed by atoms with Crippen molar-refractivity contribution in [1.29, 1.82) is 0 Å². The molecule has 2 aliphatic heterocycles. The number of piperidine rings is 1. The number of benzene rings is 3. The van der Waals surface area contributed by atoms with Crippen LogP contribution < -0.4 is 16.0 Å². The van der Waals surface area contributed by atoms with Crippen LogP contribution in [0.1, 0.15) is 47.2 Å². The third kappa shape index (κ3) is 6.62. The average molecular weight is 555 g/mol. The van der Waals surface area contributed by atoms with E-state index in [2.05, 4.69) is 20.9 Å². The number of nitrogens with one attached hydrogen (secondary N) is 3. The normalized spacial score (nSPS) is 20.6. The average Bonchev–Trinajstić information content (AvgIpc) is 3.15. The molecule has 3 aromatic rings. The van der Waals surface area contributed by atoms with E-state index in [0.717, 1.165) is 49.9 Å². The molecule has 6 nitrogen and oxygen atoms in total. The van der Waals surface area contributed by atoms with E-state index in [4.69, 9.17) is 0 Å². The summed E-state index contributed by atoms with van der Waals surface area (Å²) in [5.41, 5.74) is 0.982. The van der Waals surface area contributed by atoms with Crippen LogP contribution in [0.5, 0.6) is 0 Å². The molecule has 1 unspecified atom stereocenters. The van der Waals surface area contributed by atoms with Gasteiger partial charge in [0, 0.05) is 30.4 Å². The van der Waals surface area contributed by atoms with Crippen molar-refractivity contribution in [3.05, 3.63) is 95.3 Å². The standard InChI is InChI=1S/C30H30F4N4O2/c31-21-10-8-19(9-11-21)18-38-24-12-13-25(38)16-23(15-24)37-28(39)17-35-29(40)26-6-1-2-7-27(26)36-22-5-3-4-20(14-22)30(32,33)34/h1-11,14,23-25,36H,12-13,15-18H2,(H,35,40)(H,37,39)/t23?,24-,25+. The molecule has 2 saturated heterocycles. The Kier molecular flexibility index (Phi) is 8.07. The van der Waals surface area contributed by atoms with Gasteiger partial charge in [-0.2, -0.15) is 13.2 Å². The van der Waals surface area contributed by atoms with Gasteiger partial charge in [-0.05, 0) is 73.7 Å². The number of rotatable bonds is 8. The second-order valence-electron chi connectivity index (χ2n) is 10.4. The van der Waals surface area contributed by atoms with Gasteiger partial charge in [0.2, 0.25) is 5.91 Å². The summed E-state index contributed by atoms with van der Waals surface area (Å²) < 4.78 is 52.5. The predicted molar refractivity (Wildman–Crippen MR) is 143 cm³/mol. The maximum atomic E-state index is 13.3. The molecular weight excluding hydrogens is 524 g/mol. The van der Waals surface area contributed by atoms with E-state index in [1.165, 1.54) is 30.3 Å². The summed E-state index contributed by atoms with van der Waals surface area (Å²) in [5.74, 6) is -1.07. The van der Waals surface area contributed by atoms with Gasteiger partial charge in [-0.25, -0.2) is 4.39 Å². The molecular formula is C30H30F4N4O2. The van der Waals surface area contributed by atoms with Gasteiger partial charge in [0.05, 0.1) is 23.4 Å². The second-order valence-corrected chi connectivity index (χ2v) is 10.4. The number of amides is 2. The van der Waals surface area contributed by atoms with Gasteiger partial charge in [0.25, 0.3) is 5.91 Å². The molecule has 40 heavy (non-hydrogen) atoms. The van der Waals surface area contributed by atoms with Crippen molar-refractivity contribution in [2.45, 2.75) is 56.5 Å². The topological polar surface area (TPSA) is 73.5 Å². The lowest BCUT2D eigenvalue weighted by Gasteiger charge is -2.39. The largest absolute Gasteiger partial charge is 0.416 e. The molecule has 0 spiro atoms. The SMILES string of the molecule is O=C(CNC(=O)c1ccccc1Nc1cccc(C(F)(F)F)c1)NC1C[C@H]2CC[C@@H](C1)N2Cc1ccc(F)cc1. The summed E-state index contributed by atoms with van der Waals surface area (Å²) in [6, 6.07) is 18.4. The predicted octanol–water partition coefficient (Wildman–Crippen LogP) is 5.63. The first-order valence-electron chi connectivity index (χ1n) is 13.3. The quantitative estimate of drug-likeness (QED) is 0.316. The second kappa shape index (κ2) is 11.7. The molecule has 3 atom stereocenters. The first-order chi connectivity index (χ1) is 19.2. The maximum Gasteiger partial charge on any atom is 0.416 e. The molecule has 2 heterocycles. The fourth-order valence-electron chi connectivity index (χ4n) is 5.70. The smallest absolute Gasteiger partial charge is 0.355 e. The molecule has 2 aliphatic rings. The van der Waals surface area contributed by atoms with Crippen LogP contribution in [-0.4, -0.2) is 41.4 Å². The van der Waals surface area contributed by atoms with Crippen molar-refractivity contribution >= 4 is 23.2 Å². The van der Waals surface area contributed by atoms with Crippen molar-refractivity contribution in [2.24, 2.45) is 0 Å². The molecule has 3 aromatic carbocycles. The molecule has 0 aromatic heterocycles. The third-order valence-electron chi connectivity index (χ3n) is 7.58. The number of fused-ring (bicyclic) bond motifs is 2. The number of para-hydroxylation sites is 1. The number of hydrogen-bond donors (Lipinski definition) is 3. The van der Waals surface area contributed by atoms with E-state index in [-0.39, 0.29) is 35.6 Å². The Hall–Kier alpha value is -3.92. The van der Waals surface area contributed by atoms with E-state index in [9.17, 15) is 27.2 Å². The monoisotopic (exact) mass is 554 g/mol. The summed E-state index contributed by atoms with van der Waals surface area (Å²) in [6.45, 7) is 0.530. The Morgan fingerprint density at radius 1 is 0.900 bits per heavy atom. The first kappa shape index (κ1) is 27.6. The molecule has 2 bridgehead atoms. The van der Waals surface area contributed by atoms with Gasteiger partial charge in [-0.3, -0.25) is 14.5 Å². The van der Waals surface area contributed by atoms with Gasteiger partial charge in [0.15, 0.2) is 0 Å². The minimum atomic E-state index is -4.49. The van der Waals surface area contributed by atoms with Crippen molar-refractivity contribution in [3.8, 4) is 0 Å². The van der Waals surface area contributed by atoms with E-state index < -0.39 is 17.6 Å². The Morgan fingerprint density at radius 2 is 1.60 bits per heavy atom. The fourth-order valence-corrected chi connectivity index (χ4v) is 5.70. The van der Waals surface area contributed by atoms with Gasteiger partial charge in [-0.1, -0.05) is 30.3 Å². The number of carbonyl (C=O) groups excluding carboxylic acids is 2. The van der Waals surface area contributed by atoms with Gasteiger partial charge >= 0.3 is 6.18 Å². The highest BCUT2D eigenvalue weighted by Gasteiger charge is 2.41. The van der Waals surface area contributed by atoms with E-state index in [0.29, 0.717) is 17.8 Å². The summed E-state index contributed by atoms with van der Waals surface area (Å²) in [5, 5.41) is 8.54. The van der Waals surface area contributed by atoms with Crippen LogP contribution in [0.2, 0.25) is 0 Å². The van der Waals surface area contributed by atoms with Crippen LogP contribution in [0.4, 0.5) is 28.9 Å². The van der Waals surface area contributed by atoms with Gasteiger partial charge < -0.3 is 16.0 Å². The molecule has 5 rings (SSSR count). The van der Waals surface area contributed by atoms with Crippen LogP contribution in [0.15, 0.2) is 72.8 Å². The van der Waals surface area contributed by atoms with Crippen LogP contribution in [0, 0.1) is 5.82 Å². The lowest BCUT2D eigenvalue weighted by atomic mass is 9.96. The number of nitrogens with zero attached hydrogens (tertiary/aromatic N) is 1. The van der Waals surface area contributed by atoms with Gasteiger partial charge in [-0.15, -0.1) is 0 Å². The number of anilines is 2. The number of alkyl halides is 3. The van der Waals surface area contributed by atoms with Crippen molar-refractivity contribution in [3.63, 3.8) is 0 Å². The van der Waals surface area contributed by atoms with Crippen molar-refractivity contribution in [1.82, 2.24) is 15.5 Å². The highest BCUT2D eigenvalue weighted by atomic mass is 19.4. The number of hydrogen-bond acceptors (Lipinski definition) is 4. The summed E-state index contributed by atoms with van der Waals surface area (Å²) >= 11 is 0. The molecule has 2 fully saturated rings. The number of halogens is 4. The molecule has 0 saturated carbocycles. The molecule has 0 radical (unpaired) electrons. The van der Waals surface area contributed by atoms with E-state index >= 15 is 0 Å². The Balaban J connectivity index is 1.14. The first-order valence-corrected chi connectivity index (χ1v) is 13.3. The number of carbonyl (C=O) groups is 2. The van der Waals surface area contributed by atoms with E-state index in [1.807, 2.05) is 0 Å². The highest BCUT2D eigenvalue weighted by Crippen LogP contribution is 2.37. The molecule has 3 N–H and O–H groups in total. The minimum Gasteiger partial charge on any atom is -0.355 e. The molecule has 0 aliphatic carbocycles. The molecule has 10 heteroatoms. The lowest BCUT2D eigenvalue weighted by molar-refractivity contribution is -0.137. The van der Waals surface area contributed by atoms with Gasteiger partial charge in [0.1, 0.15) is 5.82 Å². The van der Waals surface area contributed by atoms with E-state index in [1.54, 1.807) is 30.3 Å². The zero-order valence-electron chi connectivity index (χ0n) is 21.7. The Labute approximate surface area is 229 Å². The summed E-state index contributed by atoms with van der Waals surface area (Å²) in [6.07, 6.45) is -0.780. The van der Waals surface area contributed by atoms with Crippen LogP contribution >= 0.6 is 0 Å². The van der Waals surface area contributed by atoms with Crippen LogP contribution in [0.3, 0.4) is 0 Å². The fraction of sp³-hybridized carbons (Fsp3) is 0.333. The van der Waals surface area contributed by atoms with Crippen LogP contribution in [-0.2, 0) is 17.5 Å². The Bertz CT molecular complexity index is 1350. The molecule has 210 valence electrons. The lowest BCUT2D eigenvalue weighted by Crippen LogP contribution is -2.51. The Morgan fingerprint density at radius 3 is 2.30 bits per heavy atom. The van der Waals surface area contributed by atoms with Crippen molar-refractivity contribution in [2.75, 3.05) is 11.9 Å².